The molecule has 31 heavy (non-hydrogen) atoms. The molecule has 1 fully saturated rings. The van der Waals surface area contributed by atoms with Gasteiger partial charge >= 0.3 is 0 Å². The quantitative estimate of drug-likeness (QED) is 0.466. The van der Waals surface area contributed by atoms with Crippen molar-refractivity contribution in [2.24, 2.45) is 0 Å². The molecule has 2 aromatic heterocycles. The van der Waals surface area contributed by atoms with Crippen molar-refractivity contribution >= 4 is 39.0 Å². The van der Waals surface area contributed by atoms with Crippen LogP contribution in [0, 0.1) is 0 Å². The summed E-state index contributed by atoms with van der Waals surface area (Å²) in [6.45, 7) is 2.93. The molecule has 2 aromatic carbocycles. The van der Waals surface area contributed by atoms with Crippen molar-refractivity contribution in [2.45, 2.75) is 25.4 Å². The van der Waals surface area contributed by atoms with E-state index in [-0.39, 0.29) is 23.9 Å². The molecule has 0 bridgehead atoms. The first-order chi connectivity index (χ1) is 15.2. The summed E-state index contributed by atoms with van der Waals surface area (Å²) in [7, 11) is 0. The molecule has 3 heterocycles. The fraction of sp³-hybridized carbons (Fsp3) is 0.280. The monoisotopic (exact) mass is 431 g/mol. The smallest absolute Gasteiger partial charge is 0.240 e. The summed E-state index contributed by atoms with van der Waals surface area (Å²) < 4.78 is 1.96. The second kappa shape index (κ2) is 8.65. The zero-order valence-corrected chi connectivity index (χ0v) is 18.1. The summed E-state index contributed by atoms with van der Waals surface area (Å²) in [4.78, 5) is 29.7. The standard InChI is InChI=1S/C25H25N3O2S/c29-24(26-16-22(23-12-7-15-31-23)27-13-5-6-14-27)17-28-20-10-3-1-8-18(20)25(30)19-9-2-4-11-21(19)28/h1-4,7-12,15,22H,5-6,13-14,16-17H2,(H,26,29)/t22-/m0/s1. The van der Waals surface area contributed by atoms with E-state index in [1.807, 2.05) is 53.1 Å². The number of hydrogen-bond donors (Lipinski definition) is 1. The van der Waals surface area contributed by atoms with Crippen molar-refractivity contribution < 1.29 is 4.79 Å². The SMILES string of the molecule is O=C(Cn1c2ccccc2c(=O)c2ccccc21)NC[C@@H](c1cccs1)N1CCCC1. The number of rotatable bonds is 6. The van der Waals surface area contributed by atoms with Gasteiger partial charge in [0.25, 0.3) is 0 Å². The molecule has 158 valence electrons. The average molecular weight is 432 g/mol. The van der Waals surface area contributed by atoms with Crippen LogP contribution in [0.1, 0.15) is 23.8 Å². The van der Waals surface area contributed by atoms with Gasteiger partial charge in [0.2, 0.25) is 5.91 Å². The van der Waals surface area contributed by atoms with Gasteiger partial charge in [-0.3, -0.25) is 14.5 Å². The molecule has 1 atom stereocenters. The van der Waals surface area contributed by atoms with Crippen LogP contribution in [0.2, 0.25) is 0 Å². The van der Waals surface area contributed by atoms with Gasteiger partial charge in [-0.15, -0.1) is 11.3 Å². The highest BCUT2D eigenvalue weighted by atomic mass is 32.1. The third kappa shape index (κ3) is 3.89. The second-order valence-corrected chi connectivity index (χ2v) is 9.01. The van der Waals surface area contributed by atoms with Gasteiger partial charge in [0.1, 0.15) is 6.54 Å². The number of likely N-dealkylation sites (tertiary alicyclic amines) is 1. The first-order valence-corrected chi connectivity index (χ1v) is 11.6. The van der Waals surface area contributed by atoms with Crippen LogP contribution in [0.15, 0.2) is 70.8 Å². The molecule has 5 nitrogen and oxygen atoms in total. The van der Waals surface area contributed by atoms with Gasteiger partial charge in [0.05, 0.1) is 17.1 Å². The first-order valence-electron chi connectivity index (χ1n) is 10.8. The molecular weight excluding hydrogens is 406 g/mol. The van der Waals surface area contributed by atoms with E-state index in [0.29, 0.717) is 17.3 Å². The molecule has 1 aliphatic heterocycles. The van der Waals surface area contributed by atoms with Crippen LogP contribution < -0.4 is 10.7 Å². The number of amides is 1. The lowest BCUT2D eigenvalue weighted by molar-refractivity contribution is -0.121. The van der Waals surface area contributed by atoms with Crippen LogP contribution in [0.5, 0.6) is 0 Å². The van der Waals surface area contributed by atoms with E-state index in [4.69, 9.17) is 0 Å². The number of benzene rings is 2. The number of nitrogens with zero attached hydrogens (tertiary/aromatic N) is 2. The third-order valence-corrected chi connectivity index (χ3v) is 7.10. The molecule has 4 aromatic rings. The van der Waals surface area contributed by atoms with Gasteiger partial charge in [-0.2, -0.15) is 0 Å². The maximum absolute atomic E-state index is 13.0. The number of hydrogen-bond acceptors (Lipinski definition) is 4. The number of fused-ring (bicyclic) bond motifs is 2. The molecule has 0 radical (unpaired) electrons. The van der Waals surface area contributed by atoms with E-state index in [1.165, 1.54) is 17.7 Å². The Morgan fingerprint density at radius 2 is 1.58 bits per heavy atom. The Kier molecular flexibility index (Phi) is 5.57. The molecule has 1 N–H and O–H groups in total. The van der Waals surface area contributed by atoms with E-state index >= 15 is 0 Å². The summed E-state index contributed by atoms with van der Waals surface area (Å²) in [5.41, 5.74) is 1.58. The highest BCUT2D eigenvalue weighted by Gasteiger charge is 2.24. The molecule has 5 rings (SSSR count). The van der Waals surface area contributed by atoms with Gasteiger partial charge in [-0.1, -0.05) is 30.3 Å². The fourth-order valence-electron chi connectivity index (χ4n) is 4.60. The second-order valence-electron chi connectivity index (χ2n) is 8.03. The van der Waals surface area contributed by atoms with Crippen molar-refractivity contribution in [1.29, 1.82) is 0 Å². The van der Waals surface area contributed by atoms with Crippen LogP contribution in [-0.4, -0.2) is 35.0 Å². The number of carbonyl (C=O) groups excluding carboxylic acids is 1. The summed E-state index contributed by atoms with van der Waals surface area (Å²) in [6.07, 6.45) is 2.43. The maximum atomic E-state index is 13.0. The van der Waals surface area contributed by atoms with Crippen LogP contribution in [0.3, 0.4) is 0 Å². The fourth-order valence-corrected chi connectivity index (χ4v) is 5.46. The Balaban J connectivity index is 1.42. The van der Waals surface area contributed by atoms with Gasteiger partial charge < -0.3 is 9.88 Å². The van der Waals surface area contributed by atoms with Crippen LogP contribution >= 0.6 is 11.3 Å². The molecule has 0 spiro atoms. The van der Waals surface area contributed by atoms with Crippen molar-refractivity contribution in [3.8, 4) is 0 Å². The number of carbonyl (C=O) groups is 1. The number of nitrogens with one attached hydrogen (secondary N) is 1. The number of aromatic nitrogens is 1. The Labute approximate surface area is 184 Å². The Bertz CT molecular complexity index is 1210. The Morgan fingerprint density at radius 3 is 2.19 bits per heavy atom. The van der Waals surface area contributed by atoms with E-state index in [2.05, 4.69) is 27.7 Å². The molecule has 6 heteroatoms. The van der Waals surface area contributed by atoms with Gasteiger partial charge in [0.15, 0.2) is 5.43 Å². The molecular formula is C25H25N3O2S. The average Bonchev–Trinajstić information content (AvgIpc) is 3.52. The Morgan fingerprint density at radius 1 is 0.935 bits per heavy atom. The molecule has 0 aliphatic carbocycles. The molecule has 0 unspecified atom stereocenters. The lowest BCUT2D eigenvalue weighted by Gasteiger charge is -2.27. The summed E-state index contributed by atoms with van der Waals surface area (Å²) >= 11 is 1.75. The maximum Gasteiger partial charge on any atom is 0.240 e. The summed E-state index contributed by atoms with van der Waals surface area (Å²) in [5.74, 6) is -0.0419. The minimum atomic E-state index is -0.0419. The first kappa shape index (κ1) is 20.0. The zero-order chi connectivity index (χ0) is 21.2. The molecule has 0 saturated carbocycles. The van der Waals surface area contributed by atoms with E-state index in [1.54, 1.807) is 11.3 Å². The van der Waals surface area contributed by atoms with E-state index in [9.17, 15) is 9.59 Å². The van der Waals surface area contributed by atoms with Gasteiger partial charge in [0, 0.05) is 22.2 Å². The molecule has 1 amide bonds. The predicted molar refractivity (Wildman–Crippen MR) is 127 cm³/mol. The number of thiophene rings is 1. The highest BCUT2D eigenvalue weighted by molar-refractivity contribution is 7.10. The third-order valence-electron chi connectivity index (χ3n) is 6.13. The molecule has 1 aliphatic rings. The topological polar surface area (TPSA) is 54.3 Å². The van der Waals surface area contributed by atoms with Gasteiger partial charge in [-0.25, -0.2) is 0 Å². The van der Waals surface area contributed by atoms with Crippen molar-refractivity contribution in [2.75, 3.05) is 19.6 Å². The lowest BCUT2D eigenvalue weighted by atomic mass is 10.1. The van der Waals surface area contributed by atoms with E-state index < -0.39 is 0 Å². The lowest BCUT2D eigenvalue weighted by Crippen LogP contribution is -2.37. The van der Waals surface area contributed by atoms with E-state index in [0.717, 1.165) is 24.1 Å². The predicted octanol–water partition coefficient (Wildman–Crippen LogP) is 4.17. The minimum Gasteiger partial charge on any atom is -0.353 e. The van der Waals surface area contributed by atoms with Crippen molar-refractivity contribution in [1.82, 2.24) is 14.8 Å². The van der Waals surface area contributed by atoms with Crippen LogP contribution in [0.4, 0.5) is 0 Å². The molecule has 1 saturated heterocycles. The van der Waals surface area contributed by atoms with Crippen LogP contribution in [-0.2, 0) is 11.3 Å². The normalized spacial score (nSPS) is 15.5. The van der Waals surface area contributed by atoms with Crippen molar-refractivity contribution in [3.05, 3.63) is 81.1 Å². The zero-order valence-electron chi connectivity index (χ0n) is 17.3. The highest BCUT2D eigenvalue weighted by Crippen LogP contribution is 2.28. The Hall–Kier alpha value is -2.96. The summed E-state index contributed by atoms with van der Waals surface area (Å²) in [6, 6.07) is 19.5. The van der Waals surface area contributed by atoms with Crippen molar-refractivity contribution in [3.63, 3.8) is 0 Å². The van der Waals surface area contributed by atoms with Crippen LogP contribution in [0.25, 0.3) is 21.8 Å². The summed E-state index contributed by atoms with van der Waals surface area (Å²) in [5, 5.41) is 6.55. The number of para-hydroxylation sites is 2. The largest absolute Gasteiger partial charge is 0.353 e. The number of pyridine rings is 1. The minimum absolute atomic E-state index is 0.00894. The van der Waals surface area contributed by atoms with Gasteiger partial charge in [-0.05, 0) is 61.6 Å².